The summed E-state index contributed by atoms with van der Waals surface area (Å²) >= 11 is 0. The van der Waals surface area contributed by atoms with Crippen LogP contribution in [0.2, 0.25) is 0 Å². The van der Waals surface area contributed by atoms with Crippen molar-refractivity contribution in [2.75, 3.05) is 0 Å². The van der Waals surface area contributed by atoms with E-state index in [9.17, 15) is 9.90 Å². The molecule has 2 nitrogen and oxygen atoms in total. The van der Waals surface area contributed by atoms with Crippen molar-refractivity contribution in [2.45, 2.75) is 19.8 Å². The molecule has 0 aromatic carbocycles. The normalized spacial score (nSPS) is 7.00. The molecule has 0 aliphatic heterocycles. The Kier molecular flexibility index (Phi) is 12.2. The molecule has 36 valence electrons. The van der Waals surface area contributed by atoms with Gasteiger partial charge in [-0.2, -0.15) is 0 Å². The molecule has 3 heteroatoms. The minimum Gasteiger partial charge on any atom is -0.550 e. The summed E-state index contributed by atoms with van der Waals surface area (Å²) in [6, 6.07) is 0. The summed E-state index contributed by atoms with van der Waals surface area (Å²) in [5.41, 5.74) is 0. The molecule has 0 saturated heterocycles. The zero-order valence-electron chi connectivity index (χ0n) is 4.73. The second-order valence-electron chi connectivity index (χ2n) is 1.12. The Bertz CT molecular complexity index is 53.7. The van der Waals surface area contributed by atoms with Gasteiger partial charge in [-0.3, -0.25) is 0 Å². The van der Waals surface area contributed by atoms with Gasteiger partial charge in [0.2, 0.25) is 0 Å². The number of hydrogen-bond donors (Lipinski definition) is 0. The maximum Gasteiger partial charge on any atom is 1.00 e. The van der Waals surface area contributed by atoms with E-state index >= 15 is 0 Å². The van der Waals surface area contributed by atoms with E-state index in [1.165, 1.54) is 0 Å². The van der Waals surface area contributed by atoms with Crippen LogP contribution in [0.1, 0.15) is 19.8 Å². The third kappa shape index (κ3) is 11.2. The predicted octanol–water partition coefficient (Wildman–Crippen LogP) is -3.46. The Morgan fingerprint density at radius 1 is 1.71 bits per heavy atom. The zero-order chi connectivity index (χ0) is 4.99. The van der Waals surface area contributed by atoms with Gasteiger partial charge in [0.25, 0.3) is 0 Å². The van der Waals surface area contributed by atoms with E-state index in [1.807, 2.05) is 0 Å². The first-order chi connectivity index (χ1) is 2.77. The van der Waals surface area contributed by atoms with Crippen LogP contribution in [0.25, 0.3) is 0 Å². The van der Waals surface area contributed by atoms with Crippen LogP contribution in [0.5, 0.6) is 0 Å². The van der Waals surface area contributed by atoms with Crippen molar-refractivity contribution in [2.24, 2.45) is 0 Å². The fourth-order valence-corrected chi connectivity index (χ4v) is 0.204. The van der Waals surface area contributed by atoms with Gasteiger partial charge in [-0.25, -0.2) is 0 Å². The molecule has 0 radical (unpaired) electrons. The molecule has 0 aromatic heterocycles. The van der Waals surface area contributed by atoms with Crippen molar-refractivity contribution in [1.82, 2.24) is 0 Å². The van der Waals surface area contributed by atoms with E-state index in [-0.39, 0.29) is 75.3 Å². The summed E-state index contributed by atoms with van der Waals surface area (Å²) in [5.74, 6) is -0.961. The Morgan fingerprint density at radius 2 is 2.14 bits per heavy atom. The van der Waals surface area contributed by atoms with Gasteiger partial charge in [-0.15, -0.1) is 0 Å². The average molecular weight is 220 g/mol. The third-order valence-corrected chi connectivity index (χ3v) is 0.454. The molecule has 0 heterocycles. The monoisotopic (exact) mass is 220 g/mol. The molecule has 0 saturated carbocycles. The Labute approximate surface area is 102 Å². The summed E-state index contributed by atoms with van der Waals surface area (Å²) < 4.78 is 0. The molecule has 0 atom stereocenters. The molecule has 0 aliphatic rings. The van der Waals surface area contributed by atoms with Crippen LogP contribution < -0.4 is 74.0 Å². The minimum atomic E-state index is -0.961. The van der Waals surface area contributed by atoms with Gasteiger partial charge in [0.1, 0.15) is 0 Å². The third-order valence-electron chi connectivity index (χ3n) is 0.454. The van der Waals surface area contributed by atoms with Crippen LogP contribution in [0, 0.1) is 0 Å². The summed E-state index contributed by atoms with van der Waals surface area (Å²) in [4.78, 5) is 9.49. The molecule has 0 unspecified atom stereocenters. The number of aliphatic carboxylic acids is 1. The SMILES string of the molecule is CCCC(=O)[O-].[Cs+]. The van der Waals surface area contributed by atoms with Crippen molar-refractivity contribution >= 4 is 5.97 Å². The largest absolute Gasteiger partial charge is 1.00 e. The van der Waals surface area contributed by atoms with Crippen LogP contribution in [-0.2, 0) is 4.79 Å². The second kappa shape index (κ2) is 7.52. The first-order valence-electron chi connectivity index (χ1n) is 1.97. The number of carbonyl (C=O) groups excluding carboxylic acids is 1. The number of hydrogen-bond acceptors (Lipinski definition) is 2. The van der Waals surface area contributed by atoms with Gasteiger partial charge in [-0.05, 0) is 6.42 Å². The molecule has 0 rings (SSSR count). The number of carbonyl (C=O) groups is 1. The smallest absolute Gasteiger partial charge is 0.550 e. The predicted molar refractivity (Wildman–Crippen MR) is 19.9 cm³/mol. The van der Waals surface area contributed by atoms with Gasteiger partial charge in [0.15, 0.2) is 0 Å². The van der Waals surface area contributed by atoms with E-state index in [0.29, 0.717) is 6.42 Å². The van der Waals surface area contributed by atoms with Crippen molar-refractivity contribution in [1.29, 1.82) is 0 Å². The van der Waals surface area contributed by atoms with Gasteiger partial charge < -0.3 is 9.90 Å². The molecule has 0 aliphatic carbocycles. The molecule has 0 spiro atoms. The van der Waals surface area contributed by atoms with Gasteiger partial charge in [-0.1, -0.05) is 13.3 Å². The van der Waals surface area contributed by atoms with Crippen LogP contribution in [0.3, 0.4) is 0 Å². The Morgan fingerprint density at radius 3 is 2.14 bits per heavy atom. The Balaban J connectivity index is 0. The topological polar surface area (TPSA) is 40.1 Å². The van der Waals surface area contributed by atoms with Crippen molar-refractivity contribution in [3.05, 3.63) is 0 Å². The van der Waals surface area contributed by atoms with E-state index < -0.39 is 5.97 Å². The van der Waals surface area contributed by atoms with E-state index in [0.717, 1.165) is 0 Å². The molecular weight excluding hydrogens is 213 g/mol. The van der Waals surface area contributed by atoms with Crippen molar-refractivity contribution in [3.63, 3.8) is 0 Å². The first-order valence-corrected chi connectivity index (χ1v) is 1.97. The van der Waals surface area contributed by atoms with Crippen molar-refractivity contribution in [3.8, 4) is 0 Å². The molecule has 7 heavy (non-hydrogen) atoms. The number of rotatable bonds is 2. The van der Waals surface area contributed by atoms with Crippen LogP contribution in [0.15, 0.2) is 0 Å². The van der Waals surface area contributed by atoms with E-state index in [1.54, 1.807) is 6.92 Å². The quantitative estimate of drug-likeness (QED) is 0.485. The summed E-state index contributed by atoms with van der Waals surface area (Å²) in [6.07, 6.45) is 0.850. The van der Waals surface area contributed by atoms with Crippen LogP contribution in [0.4, 0.5) is 0 Å². The Hall–Kier alpha value is 1.52. The van der Waals surface area contributed by atoms with Crippen molar-refractivity contribution < 1.29 is 78.8 Å². The summed E-state index contributed by atoms with van der Waals surface area (Å²) in [7, 11) is 0. The van der Waals surface area contributed by atoms with Crippen LogP contribution in [-0.4, -0.2) is 5.97 Å². The molecule has 0 amide bonds. The number of carboxylic acid groups (broad SMARTS) is 1. The van der Waals surface area contributed by atoms with Gasteiger partial charge in [0.05, 0.1) is 0 Å². The molecule has 0 aromatic rings. The minimum absolute atomic E-state index is 0. The van der Waals surface area contributed by atoms with Crippen LogP contribution >= 0.6 is 0 Å². The second-order valence-corrected chi connectivity index (χ2v) is 1.12. The number of carboxylic acids is 1. The fraction of sp³-hybridized carbons (Fsp3) is 0.750. The molecule has 0 fully saturated rings. The first kappa shape index (κ1) is 11.3. The molecule has 0 N–H and O–H groups in total. The molecular formula is C4H7CsO2. The van der Waals surface area contributed by atoms with E-state index in [4.69, 9.17) is 0 Å². The van der Waals surface area contributed by atoms with Gasteiger partial charge in [0, 0.05) is 5.97 Å². The van der Waals surface area contributed by atoms with Gasteiger partial charge >= 0.3 is 68.9 Å². The van der Waals surface area contributed by atoms with E-state index in [2.05, 4.69) is 0 Å². The average Bonchev–Trinajstić information content (AvgIpc) is 1.35. The maximum absolute atomic E-state index is 9.49. The maximum atomic E-state index is 9.49. The standard InChI is InChI=1S/C4H8O2.Cs/c1-2-3-4(5)6;/h2-3H2,1H3,(H,5,6);/q;+1/p-1. The zero-order valence-corrected chi connectivity index (χ0v) is 11.0. The summed E-state index contributed by atoms with van der Waals surface area (Å²) in [6.45, 7) is 1.80. The fourth-order valence-electron chi connectivity index (χ4n) is 0.204. The summed E-state index contributed by atoms with van der Waals surface area (Å²) in [5, 5.41) is 9.49. The molecule has 0 bridgehead atoms.